The van der Waals surface area contributed by atoms with Crippen LogP contribution < -0.4 is 9.47 Å². The zero-order chi connectivity index (χ0) is 21.4. The number of carbonyl (C=O) groups is 2. The van der Waals surface area contributed by atoms with E-state index in [1.54, 1.807) is 0 Å². The molecule has 29 heavy (non-hydrogen) atoms. The predicted molar refractivity (Wildman–Crippen MR) is 104 cm³/mol. The highest BCUT2D eigenvalue weighted by Crippen LogP contribution is 2.30. The molecule has 8 heteroatoms. The number of hydrogen-bond donors (Lipinski definition) is 3. The van der Waals surface area contributed by atoms with E-state index in [0.29, 0.717) is 17.9 Å². The first kappa shape index (κ1) is 21.6. The molecule has 2 rings (SSSR count). The molecule has 0 fully saturated rings. The van der Waals surface area contributed by atoms with Gasteiger partial charge in [0.15, 0.2) is 11.5 Å². The van der Waals surface area contributed by atoms with Gasteiger partial charge in [-0.3, -0.25) is 4.79 Å². The molecule has 8 nitrogen and oxygen atoms in total. The molecule has 0 radical (unpaired) electrons. The summed E-state index contributed by atoms with van der Waals surface area (Å²) in [6.07, 6.45) is 1.60. The van der Waals surface area contributed by atoms with Crippen LogP contribution in [0.1, 0.15) is 29.3 Å². The van der Waals surface area contributed by atoms with Crippen molar-refractivity contribution < 1.29 is 39.1 Å². The number of benzene rings is 2. The third kappa shape index (κ3) is 5.65. The molecule has 0 amide bonds. The topological polar surface area (TPSA) is 123 Å². The largest absolute Gasteiger partial charge is 0.507 e. The lowest BCUT2D eigenvalue weighted by Crippen LogP contribution is -2.10. The van der Waals surface area contributed by atoms with Crippen LogP contribution in [0.5, 0.6) is 23.0 Å². The molecule has 2 aromatic rings. The van der Waals surface area contributed by atoms with Crippen molar-refractivity contribution in [2.24, 2.45) is 0 Å². The van der Waals surface area contributed by atoms with Crippen LogP contribution in [-0.2, 0) is 9.53 Å². The van der Waals surface area contributed by atoms with Crippen molar-refractivity contribution in [1.82, 2.24) is 0 Å². The van der Waals surface area contributed by atoms with Gasteiger partial charge in [0.2, 0.25) is 0 Å². The average molecular weight is 402 g/mol. The number of hydrogen-bond acceptors (Lipinski definition) is 8. The fourth-order valence-corrected chi connectivity index (χ4v) is 2.37. The fourth-order valence-electron chi connectivity index (χ4n) is 2.37. The summed E-state index contributed by atoms with van der Waals surface area (Å²) < 4.78 is 15.2. The Labute approximate surface area is 167 Å². The number of aliphatic hydroxyl groups is 1. The van der Waals surface area contributed by atoms with Crippen LogP contribution in [0.15, 0.2) is 48.2 Å². The van der Waals surface area contributed by atoms with E-state index < -0.39 is 17.5 Å². The standard InChI is InChI=1S/C21H22O8/c1-3-17(22)21(26)29-10-4-9-28-14-6-8-16(19(24)12-14)20(25)15-7-5-13(27-2)11-18(15)23/h3,5-8,11-12,22-24H,4,9-10H2,1-2H3. The molecule has 3 N–H and O–H groups in total. The molecule has 0 bridgehead atoms. The molecule has 154 valence electrons. The van der Waals surface area contributed by atoms with Crippen molar-refractivity contribution in [2.45, 2.75) is 13.3 Å². The molecule has 0 aliphatic carbocycles. The number of rotatable bonds is 9. The highest BCUT2D eigenvalue weighted by Gasteiger charge is 2.18. The minimum Gasteiger partial charge on any atom is -0.507 e. The van der Waals surface area contributed by atoms with Gasteiger partial charge in [-0.15, -0.1) is 0 Å². The number of esters is 1. The van der Waals surface area contributed by atoms with E-state index in [1.807, 2.05) is 0 Å². The van der Waals surface area contributed by atoms with Crippen LogP contribution in [-0.4, -0.2) is 47.4 Å². The van der Waals surface area contributed by atoms with Gasteiger partial charge in [0, 0.05) is 18.6 Å². The Kier molecular flexibility index (Phi) is 7.47. The average Bonchev–Trinajstić information content (AvgIpc) is 2.72. The molecule has 0 heterocycles. The molecule has 0 saturated carbocycles. The molecular formula is C21H22O8. The summed E-state index contributed by atoms with van der Waals surface area (Å²) in [6.45, 7) is 1.75. The molecule has 0 unspecified atom stereocenters. The normalized spacial score (nSPS) is 11.0. The SMILES string of the molecule is CC=C(O)C(=O)OCCCOc1ccc(C(=O)c2ccc(OC)cc2O)c(O)c1. The summed E-state index contributed by atoms with van der Waals surface area (Å²) in [5.74, 6) is -1.65. The van der Waals surface area contributed by atoms with Crippen molar-refractivity contribution in [3.63, 3.8) is 0 Å². The summed E-state index contributed by atoms with van der Waals surface area (Å²) in [6, 6.07) is 8.43. The van der Waals surface area contributed by atoms with Gasteiger partial charge >= 0.3 is 5.97 Å². The molecule has 0 spiro atoms. The van der Waals surface area contributed by atoms with Crippen LogP contribution in [0, 0.1) is 0 Å². The van der Waals surface area contributed by atoms with Gasteiger partial charge in [0.05, 0.1) is 31.5 Å². The van der Waals surface area contributed by atoms with Crippen molar-refractivity contribution in [1.29, 1.82) is 0 Å². The summed E-state index contributed by atoms with van der Waals surface area (Å²) >= 11 is 0. The predicted octanol–water partition coefficient (Wildman–Crippen LogP) is 3.11. The highest BCUT2D eigenvalue weighted by molar-refractivity contribution is 6.12. The smallest absolute Gasteiger partial charge is 0.373 e. The van der Waals surface area contributed by atoms with Gasteiger partial charge in [-0.25, -0.2) is 4.79 Å². The Hall–Kier alpha value is -3.68. The van der Waals surface area contributed by atoms with Crippen LogP contribution in [0.3, 0.4) is 0 Å². The summed E-state index contributed by atoms with van der Waals surface area (Å²) in [7, 11) is 1.44. The van der Waals surface area contributed by atoms with Gasteiger partial charge in [-0.1, -0.05) is 0 Å². The van der Waals surface area contributed by atoms with E-state index in [9.17, 15) is 19.8 Å². The number of allylic oxidation sites excluding steroid dienone is 1. The number of phenolic OH excluding ortho intramolecular Hbond substituents is 2. The lowest BCUT2D eigenvalue weighted by atomic mass is 10.0. The van der Waals surface area contributed by atoms with Crippen LogP contribution in [0.4, 0.5) is 0 Å². The van der Waals surface area contributed by atoms with Crippen LogP contribution in [0.2, 0.25) is 0 Å². The van der Waals surface area contributed by atoms with Gasteiger partial charge in [0.25, 0.3) is 0 Å². The minimum atomic E-state index is -0.810. The van der Waals surface area contributed by atoms with Crippen molar-refractivity contribution in [3.05, 3.63) is 59.4 Å². The Morgan fingerprint density at radius 3 is 2.10 bits per heavy atom. The second-order valence-electron chi connectivity index (χ2n) is 5.90. The maximum Gasteiger partial charge on any atom is 0.373 e. The monoisotopic (exact) mass is 402 g/mol. The lowest BCUT2D eigenvalue weighted by molar-refractivity contribution is -0.142. The molecule has 0 aliphatic heterocycles. The first-order valence-electron chi connectivity index (χ1n) is 8.77. The van der Waals surface area contributed by atoms with E-state index in [4.69, 9.17) is 19.3 Å². The van der Waals surface area contributed by atoms with Crippen LogP contribution >= 0.6 is 0 Å². The second kappa shape index (κ2) is 10.0. The number of methoxy groups -OCH3 is 1. The number of ketones is 1. The fraction of sp³-hybridized carbons (Fsp3) is 0.238. The number of phenols is 2. The summed E-state index contributed by atoms with van der Waals surface area (Å²) in [5.41, 5.74) is 0.0366. The number of ether oxygens (including phenoxy) is 3. The maximum absolute atomic E-state index is 12.6. The maximum atomic E-state index is 12.6. The third-order valence-electron chi connectivity index (χ3n) is 3.94. The van der Waals surface area contributed by atoms with Crippen molar-refractivity contribution in [3.8, 4) is 23.0 Å². The Morgan fingerprint density at radius 2 is 1.55 bits per heavy atom. The molecular weight excluding hydrogens is 380 g/mol. The number of carbonyl (C=O) groups excluding carboxylic acids is 2. The quantitative estimate of drug-likeness (QED) is 0.192. The Bertz CT molecular complexity index is 917. The Balaban J connectivity index is 1.95. The Morgan fingerprint density at radius 1 is 0.966 bits per heavy atom. The van der Waals surface area contributed by atoms with E-state index in [2.05, 4.69) is 0 Å². The van der Waals surface area contributed by atoms with Crippen molar-refractivity contribution >= 4 is 11.8 Å². The summed E-state index contributed by atoms with van der Waals surface area (Å²) in [5, 5.41) is 29.3. The molecule has 2 aromatic carbocycles. The molecule has 0 aromatic heterocycles. The zero-order valence-corrected chi connectivity index (χ0v) is 16.0. The minimum absolute atomic E-state index is 0.00794. The zero-order valence-electron chi connectivity index (χ0n) is 16.0. The van der Waals surface area contributed by atoms with E-state index in [0.717, 1.165) is 0 Å². The van der Waals surface area contributed by atoms with Gasteiger partial charge < -0.3 is 29.5 Å². The number of aromatic hydroxyl groups is 2. The molecule has 0 saturated heterocycles. The number of aliphatic hydroxyl groups excluding tert-OH is 1. The van der Waals surface area contributed by atoms with Crippen molar-refractivity contribution in [2.75, 3.05) is 20.3 Å². The molecule has 0 aliphatic rings. The van der Waals surface area contributed by atoms with E-state index >= 15 is 0 Å². The third-order valence-corrected chi connectivity index (χ3v) is 3.94. The first-order chi connectivity index (χ1) is 13.9. The second-order valence-corrected chi connectivity index (χ2v) is 5.90. The van der Waals surface area contributed by atoms with E-state index in [1.165, 1.54) is 56.5 Å². The van der Waals surface area contributed by atoms with E-state index in [-0.39, 0.29) is 35.8 Å². The highest BCUT2D eigenvalue weighted by atomic mass is 16.5. The first-order valence-corrected chi connectivity index (χ1v) is 8.77. The van der Waals surface area contributed by atoms with Gasteiger partial charge in [-0.2, -0.15) is 0 Å². The van der Waals surface area contributed by atoms with Gasteiger partial charge in [-0.05, 0) is 37.3 Å². The molecule has 0 atom stereocenters. The van der Waals surface area contributed by atoms with Crippen LogP contribution in [0.25, 0.3) is 0 Å². The van der Waals surface area contributed by atoms with Gasteiger partial charge in [0.1, 0.15) is 23.0 Å². The lowest BCUT2D eigenvalue weighted by Gasteiger charge is -2.10. The summed E-state index contributed by atoms with van der Waals surface area (Å²) in [4.78, 5) is 23.8.